The number of fused-ring (bicyclic) bond motifs is 1. The predicted octanol–water partition coefficient (Wildman–Crippen LogP) is 3.95. The van der Waals surface area contributed by atoms with Gasteiger partial charge in [0, 0.05) is 28.2 Å². The summed E-state index contributed by atoms with van der Waals surface area (Å²) in [5, 5.41) is 8.76. The van der Waals surface area contributed by atoms with E-state index in [4.69, 9.17) is 4.74 Å². The zero-order valence-corrected chi connectivity index (χ0v) is 19.7. The van der Waals surface area contributed by atoms with Gasteiger partial charge in [-0.25, -0.2) is 0 Å². The summed E-state index contributed by atoms with van der Waals surface area (Å²) in [6.07, 6.45) is 1.35. The van der Waals surface area contributed by atoms with Crippen LogP contribution < -0.4 is 16.0 Å². The van der Waals surface area contributed by atoms with Crippen LogP contribution in [-0.4, -0.2) is 35.4 Å². The van der Waals surface area contributed by atoms with Crippen molar-refractivity contribution in [1.82, 2.24) is 10.3 Å². The molecule has 2 aliphatic heterocycles. The molecule has 3 amide bonds. The highest BCUT2D eigenvalue weighted by Gasteiger charge is 2.32. The quantitative estimate of drug-likeness (QED) is 0.322. The minimum Gasteiger partial charge on any atom is -0.363 e. The largest absolute Gasteiger partial charge is 0.363 e. The second-order valence-electron chi connectivity index (χ2n) is 8.85. The number of anilines is 2. The normalized spacial score (nSPS) is 18.1. The van der Waals surface area contributed by atoms with Crippen LogP contribution in [0, 0.1) is 13.8 Å². The lowest BCUT2D eigenvalue weighted by Crippen LogP contribution is -2.26. The Morgan fingerprint density at radius 1 is 1.14 bits per heavy atom. The summed E-state index contributed by atoms with van der Waals surface area (Å²) in [6, 6.07) is 14.7. The first-order chi connectivity index (χ1) is 16.8. The van der Waals surface area contributed by atoms with Crippen molar-refractivity contribution in [2.24, 2.45) is 0 Å². The van der Waals surface area contributed by atoms with Crippen LogP contribution in [0.1, 0.15) is 51.4 Å². The molecular formula is C27H26N4O4. The van der Waals surface area contributed by atoms with Crippen LogP contribution in [0.15, 0.2) is 48.5 Å². The molecule has 8 heteroatoms. The number of amides is 3. The van der Waals surface area contributed by atoms with Crippen molar-refractivity contribution in [3.63, 3.8) is 0 Å². The number of aryl methyl sites for hydroxylation is 1. The average molecular weight is 471 g/mol. The van der Waals surface area contributed by atoms with Gasteiger partial charge in [0.05, 0.1) is 23.9 Å². The third kappa shape index (κ3) is 4.48. The molecule has 3 heterocycles. The van der Waals surface area contributed by atoms with Crippen molar-refractivity contribution in [3.05, 3.63) is 82.2 Å². The number of carbonyl (C=O) groups is 3. The summed E-state index contributed by atoms with van der Waals surface area (Å²) in [4.78, 5) is 41.1. The van der Waals surface area contributed by atoms with Crippen LogP contribution >= 0.6 is 0 Å². The maximum Gasteiger partial charge on any atom is 0.256 e. The summed E-state index contributed by atoms with van der Waals surface area (Å²) in [6.45, 7) is 6.10. The Labute approximate surface area is 202 Å². The molecule has 1 aromatic heterocycles. The molecular weight excluding hydrogens is 444 g/mol. The summed E-state index contributed by atoms with van der Waals surface area (Å²) < 4.78 is 5.05. The lowest BCUT2D eigenvalue weighted by Gasteiger charge is -2.14. The summed E-state index contributed by atoms with van der Waals surface area (Å²) in [5.74, 6) is -0.653. The number of benzene rings is 2. The number of nitrogens with one attached hydrogen (secondary N) is 4. The molecule has 8 nitrogen and oxygen atoms in total. The first-order valence-corrected chi connectivity index (χ1v) is 11.5. The molecule has 1 fully saturated rings. The van der Waals surface area contributed by atoms with E-state index >= 15 is 0 Å². The molecule has 1 saturated heterocycles. The number of rotatable bonds is 6. The maximum absolute atomic E-state index is 12.9. The molecule has 0 aliphatic carbocycles. The van der Waals surface area contributed by atoms with Crippen LogP contribution in [-0.2, 0) is 14.3 Å². The van der Waals surface area contributed by atoms with Gasteiger partial charge < -0.3 is 25.7 Å². The molecule has 0 spiro atoms. The number of carbonyl (C=O) groups excluding carboxylic acids is 3. The Morgan fingerprint density at radius 2 is 1.89 bits per heavy atom. The minimum atomic E-state index is -0.396. The van der Waals surface area contributed by atoms with E-state index in [0.29, 0.717) is 40.4 Å². The van der Waals surface area contributed by atoms with E-state index in [1.54, 1.807) is 24.3 Å². The van der Waals surface area contributed by atoms with Crippen LogP contribution in [0.3, 0.4) is 0 Å². The molecule has 2 atom stereocenters. The third-order valence-electron chi connectivity index (χ3n) is 6.35. The first-order valence-electron chi connectivity index (χ1n) is 11.5. The van der Waals surface area contributed by atoms with Gasteiger partial charge in [-0.2, -0.15) is 0 Å². The van der Waals surface area contributed by atoms with E-state index in [0.717, 1.165) is 16.8 Å². The summed E-state index contributed by atoms with van der Waals surface area (Å²) in [7, 11) is 0. The Bertz CT molecular complexity index is 1370. The number of ether oxygens (including phenoxy) is 1. The van der Waals surface area contributed by atoms with Crippen LogP contribution in [0.2, 0.25) is 0 Å². The highest BCUT2D eigenvalue weighted by Crippen LogP contribution is 2.35. The molecule has 0 saturated carbocycles. The van der Waals surface area contributed by atoms with Gasteiger partial charge in [-0.05, 0) is 56.2 Å². The number of aromatic amines is 1. The number of epoxide rings is 1. The van der Waals surface area contributed by atoms with Crippen molar-refractivity contribution in [1.29, 1.82) is 0 Å². The third-order valence-corrected chi connectivity index (χ3v) is 6.35. The van der Waals surface area contributed by atoms with E-state index in [9.17, 15) is 14.4 Å². The van der Waals surface area contributed by atoms with E-state index in [1.165, 1.54) is 0 Å². The second-order valence-corrected chi connectivity index (χ2v) is 8.85. The lowest BCUT2D eigenvalue weighted by atomic mass is 10.0. The molecule has 0 radical (unpaired) electrons. The molecule has 3 aromatic rings. The second kappa shape index (κ2) is 8.88. The summed E-state index contributed by atoms with van der Waals surface area (Å²) in [5.41, 5.74) is 6.20. The Kier molecular flexibility index (Phi) is 5.74. The number of aromatic nitrogens is 1. The molecule has 5 rings (SSSR count). The molecule has 2 unspecified atom stereocenters. The van der Waals surface area contributed by atoms with Crippen molar-refractivity contribution < 1.29 is 19.1 Å². The number of hydrogen-bond donors (Lipinski definition) is 4. The van der Waals surface area contributed by atoms with E-state index < -0.39 is 6.10 Å². The fourth-order valence-electron chi connectivity index (χ4n) is 4.23. The molecule has 35 heavy (non-hydrogen) atoms. The standard InChI is InChI=1S/C27H26N4O4/c1-14-22(28-16(3)24(14)31-27(34)23-13-35-23)12-20-19-11-18(9-10-21(19)30-26(20)33)25(32)29-15(2)17-7-5-4-6-8-17/h4-12,15,23,28H,13H2,1-3H3,(H,29,32)(H,30,33)(H,31,34)/b20-12-. The van der Waals surface area contributed by atoms with E-state index in [1.807, 2.05) is 51.1 Å². The highest BCUT2D eigenvalue weighted by atomic mass is 16.6. The zero-order chi connectivity index (χ0) is 24.7. The number of hydrogen-bond acceptors (Lipinski definition) is 4. The smallest absolute Gasteiger partial charge is 0.256 e. The van der Waals surface area contributed by atoms with Gasteiger partial charge in [0.15, 0.2) is 6.10 Å². The van der Waals surface area contributed by atoms with Crippen molar-refractivity contribution >= 4 is 40.7 Å². The predicted molar refractivity (Wildman–Crippen MR) is 134 cm³/mol. The lowest BCUT2D eigenvalue weighted by molar-refractivity contribution is -0.117. The average Bonchev–Trinajstić information content (AvgIpc) is 3.61. The van der Waals surface area contributed by atoms with Crippen LogP contribution in [0.5, 0.6) is 0 Å². The van der Waals surface area contributed by atoms with E-state index in [2.05, 4.69) is 20.9 Å². The Balaban J connectivity index is 1.41. The van der Waals surface area contributed by atoms with Gasteiger partial charge in [0.25, 0.3) is 17.7 Å². The summed E-state index contributed by atoms with van der Waals surface area (Å²) >= 11 is 0. The monoisotopic (exact) mass is 470 g/mol. The fraction of sp³-hybridized carbons (Fsp3) is 0.222. The van der Waals surface area contributed by atoms with Gasteiger partial charge in [-0.15, -0.1) is 0 Å². The topological polar surface area (TPSA) is 116 Å². The molecule has 4 N–H and O–H groups in total. The van der Waals surface area contributed by atoms with Crippen LogP contribution in [0.4, 0.5) is 11.4 Å². The molecule has 2 aromatic carbocycles. The van der Waals surface area contributed by atoms with Gasteiger partial charge in [-0.1, -0.05) is 30.3 Å². The Morgan fingerprint density at radius 3 is 2.60 bits per heavy atom. The maximum atomic E-state index is 12.9. The van der Waals surface area contributed by atoms with Gasteiger partial charge in [0.2, 0.25) is 0 Å². The van der Waals surface area contributed by atoms with E-state index in [-0.39, 0.29) is 23.8 Å². The van der Waals surface area contributed by atoms with Crippen molar-refractivity contribution in [2.45, 2.75) is 32.9 Å². The minimum absolute atomic E-state index is 0.161. The fourth-order valence-corrected chi connectivity index (χ4v) is 4.23. The van der Waals surface area contributed by atoms with Gasteiger partial charge in [0.1, 0.15) is 0 Å². The van der Waals surface area contributed by atoms with Crippen molar-refractivity contribution in [3.8, 4) is 0 Å². The van der Waals surface area contributed by atoms with Gasteiger partial charge >= 0.3 is 0 Å². The molecule has 0 bridgehead atoms. The van der Waals surface area contributed by atoms with Crippen LogP contribution in [0.25, 0.3) is 11.6 Å². The highest BCUT2D eigenvalue weighted by molar-refractivity contribution is 6.35. The van der Waals surface area contributed by atoms with Crippen molar-refractivity contribution in [2.75, 3.05) is 17.2 Å². The molecule has 178 valence electrons. The SMILES string of the molecule is Cc1[nH]c(/C=C2\C(=O)Nc3ccc(C(=O)NC(C)c4ccccc4)cc32)c(C)c1NC(=O)C1CO1. The number of H-pyrrole nitrogens is 1. The zero-order valence-electron chi connectivity index (χ0n) is 19.7. The first kappa shape index (κ1) is 22.6. The molecule has 2 aliphatic rings. The Hall–Kier alpha value is -4.17. The van der Waals surface area contributed by atoms with Gasteiger partial charge in [-0.3, -0.25) is 14.4 Å².